The summed E-state index contributed by atoms with van der Waals surface area (Å²) in [6.07, 6.45) is 4.56. The Hall–Kier alpha value is -1.58. The third-order valence-electron chi connectivity index (χ3n) is 3.86. The van der Waals surface area contributed by atoms with E-state index in [2.05, 4.69) is 39.5 Å². The molecule has 104 valence electrons. The van der Waals surface area contributed by atoms with E-state index < -0.39 is 0 Å². The van der Waals surface area contributed by atoms with Crippen molar-refractivity contribution in [3.8, 4) is 0 Å². The number of likely N-dealkylation sites (N-methyl/N-ethyl adjacent to an activating group) is 1. The maximum atomic E-state index is 6.33. The first kappa shape index (κ1) is 13.4. The number of fused-ring (bicyclic) bond motifs is 1. The molecule has 1 aromatic carbocycles. The van der Waals surface area contributed by atoms with Gasteiger partial charge in [0.25, 0.3) is 0 Å². The van der Waals surface area contributed by atoms with Gasteiger partial charge in [-0.05, 0) is 30.7 Å². The number of aromatic nitrogens is 1. The summed E-state index contributed by atoms with van der Waals surface area (Å²) in [5.41, 5.74) is 3.89. The Labute approximate surface area is 124 Å². The third-order valence-corrected chi connectivity index (χ3v) is 4.15. The summed E-state index contributed by atoms with van der Waals surface area (Å²) < 4.78 is 0. The van der Waals surface area contributed by atoms with Crippen LogP contribution in [0, 0.1) is 0 Å². The van der Waals surface area contributed by atoms with Crippen molar-refractivity contribution in [1.82, 2.24) is 10.3 Å². The molecule has 0 bridgehead atoms. The molecule has 1 N–H and O–H groups in total. The topological polar surface area (TPSA) is 28.2 Å². The largest absolute Gasteiger partial charge is 0.361 e. The monoisotopic (exact) mass is 287 g/mol. The van der Waals surface area contributed by atoms with Crippen LogP contribution < -0.4 is 10.2 Å². The number of rotatable bonds is 3. The van der Waals surface area contributed by atoms with E-state index in [1.807, 2.05) is 13.1 Å². The van der Waals surface area contributed by atoms with Crippen molar-refractivity contribution in [3.05, 3.63) is 58.9 Å². The predicted octanol–water partition coefficient (Wildman–Crippen LogP) is 2.89. The maximum Gasteiger partial charge on any atom is 0.0822 e. The van der Waals surface area contributed by atoms with Gasteiger partial charge in [-0.25, -0.2) is 0 Å². The van der Waals surface area contributed by atoms with Gasteiger partial charge in [0.1, 0.15) is 0 Å². The minimum absolute atomic E-state index is 0.412. The molecule has 0 saturated heterocycles. The fraction of sp³-hybridized carbons (Fsp3) is 0.312. The summed E-state index contributed by atoms with van der Waals surface area (Å²) in [4.78, 5) is 6.46. The van der Waals surface area contributed by atoms with Gasteiger partial charge in [-0.2, -0.15) is 0 Å². The van der Waals surface area contributed by atoms with Gasteiger partial charge in [0.05, 0.1) is 10.7 Å². The van der Waals surface area contributed by atoms with Crippen LogP contribution in [0.1, 0.15) is 11.1 Å². The van der Waals surface area contributed by atoms with Crippen molar-refractivity contribution in [3.63, 3.8) is 0 Å². The second-order valence-electron chi connectivity index (χ2n) is 5.14. The van der Waals surface area contributed by atoms with E-state index >= 15 is 0 Å². The molecule has 1 aromatic heterocycles. The maximum absolute atomic E-state index is 6.33. The highest BCUT2D eigenvalue weighted by atomic mass is 35.5. The Bertz CT molecular complexity index is 600. The molecule has 0 radical (unpaired) electrons. The van der Waals surface area contributed by atoms with Crippen LogP contribution in [0.3, 0.4) is 0 Å². The number of nitrogens with one attached hydrogen (secondary N) is 1. The standard InChI is InChI=1S/C16H18ClN3/c1-18-9-14-8-12-4-2-3-5-13(12)11-20(14)16-6-7-19-10-15(16)17/h2-7,10,14,18H,8-9,11H2,1H3. The molecule has 3 rings (SSSR count). The lowest BCUT2D eigenvalue weighted by Crippen LogP contribution is -2.46. The van der Waals surface area contributed by atoms with Gasteiger partial charge in [-0.3, -0.25) is 4.98 Å². The highest BCUT2D eigenvalue weighted by Gasteiger charge is 2.26. The zero-order valence-corrected chi connectivity index (χ0v) is 12.3. The smallest absolute Gasteiger partial charge is 0.0822 e. The summed E-state index contributed by atoms with van der Waals surface area (Å²) >= 11 is 6.33. The van der Waals surface area contributed by atoms with Crippen LogP contribution in [-0.4, -0.2) is 24.6 Å². The lowest BCUT2D eigenvalue weighted by Gasteiger charge is -2.39. The van der Waals surface area contributed by atoms with Crippen LogP contribution in [0.5, 0.6) is 0 Å². The molecular weight excluding hydrogens is 270 g/mol. The Morgan fingerprint density at radius 1 is 1.30 bits per heavy atom. The summed E-state index contributed by atoms with van der Waals surface area (Å²) in [7, 11) is 1.99. The van der Waals surface area contributed by atoms with E-state index in [0.29, 0.717) is 11.1 Å². The van der Waals surface area contributed by atoms with Crippen molar-refractivity contribution in [1.29, 1.82) is 0 Å². The van der Waals surface area contributed by atoms with E-state index in [4.69, 9.17) is 11.6 Å². The van der Waals surface area contributed by atoms with Crippen LogP contribution in [0.15, 0.2) is 42.7 Å². The number of nitrogens with zero attached hydrogens (tertiary/aromatic N) is 2. The molecule has 20 heavy (non-hydrogen) atoms. The van der Waals surface area contributed by atoms with E-state index in [1.165, 1.54) is 11.1 Å². The number of halogens is 1. The van der Waals surface area contributed by atoms with E-state index in [0.717, 1.165) is 25.2 Å². The van der Waals surface area contributed by atoms with Crippen LogP contribution in [0.25, 0.3) is 0 Å². The molecule has 2 heterocycles. The molecule has 0 saturated carbocycles. The number of hydrogen-bond donors (Lipinski definition) is 1. The molecular formula is C16H18ClN3. The van der Waals surface area contributed by atoms with Gasteiger partial charge >= 0.3 is 0 Å². The fourth-order valence-corrected chi connectivity index (χ4v) is 3.12. The first-order chi connectivity index (χ1) is 9.79. The number of hydrogen-bond acceptors (Lipinski definition) is 3. The molecule has 3 nitrogen and oxygen atoms in total. The minimum atomic E-state index is 0.412. The van der Waals surface area contributed by atoms with Gasteiger partial charge in [0.2, 0.25) is 0 Å². The van der Waals surface area contributed by atoms with Gasteiger partial charge in [0, 0.05) is 31.5 Å². The Morgan fingerprint density at radius 3 is 2.85 bits per heavy atom. The Kier molecular flexibility index (Phi) is 3.90. The van der Waals surface area contributed by atoms with Crippen molar-refractivity contribution in [2.45, 2.75) is 19.0 Å². The lowest BCUT2D eigenvalue weighted by molar-refractivity contribution is 0.528. The number of pyridine rings is 1. The Balaban J connectivity index is 1.98. The van der Waals surface area contributed by atoms with E-state index in [9.17, 15) is 0 Å². The summed E-state index contributed by atoms with van der Waals surface area (Å²) in [5, 5.41) is 4.00. The molecule has 0 amide bonds. The third kappa shape index (κ3) is 2.51. The second kappa shape index (κ2) is 5.81. The summed E-state index contributed by atoms with van der Waals surface area (Å²) in [6, 6.07) is 11.1. The zero-order chi connectivity index (χ0) is 13.9. The van der Waals surface area contributed by atoms with Crippen LogP contribution >= 0.6 is 11.6 Å². The molecule has 0 spiro atoms. The van der Waals surface area contributed by atoms with Crippen LogP contribution in [0.4, 0.5) is 5.69 Å². The normalized spacial score (nSPS) is 17.9. The first-order valence-electron chi connectivity index (χ1n) is 6.87. The quantitative estimate of drug-likeness (QED) is 0.941. The zero-order valence-electron chi connectivity index (χ0n) is 11.5. The highest BCUT2D eigenvalue weighted by molar-refractivity contribution is 6.33. The van der Waals surface area contributed by atoms with Crippen LogP contribution in [-0.2, 0) is 13.0 Å². The summed E-state index contributed by atoms with van der Waals surface area (Å²) in [6.45, 7) is 1.83. The molecule has 1 unspecified atom stereocenters. The van der Waals surface area contributed by atoms with Crippen molar-refractivity contribution < 1.29 is 0 Å². The molecule has 4 heteroatoms. The minimum Gasteiger partial charge on any atom is -0.361 e. The summed E-state index contributed by atoms with van der Waals surface area (Å²) in [5.74, 6) is 0. The SMILES string of the molecule is CNCC1Cc2ccccc2CN1c1ccncc1Cl. The average molecular weight is 288 g/mol. The average Bonchev–Trinajstić information content (AvgIpc) is 2.48. The Morgan fingerprint density at radius 2 is 2.10 bits per heavy atom. The van der Waals surface area contributed by atoms with Gasteiger partial charge in [-0.15, -0.1) is 0 Å². The fourth-order valence-electron chi connectivity index (χ4n) is 2.89. The lowest BCUT2D eigenvalue weighted by atomic mass is 9.93. The molecule has 0 fully saturated rings. The first-order valence-corrected chi connectivity index (χ1v) is 7.25. The second-order valence-corrected chi connectivity index (χ2v) is 5.55. The molecule has 2 aromatic rings. The molecule has 1 aliphatic heterocycles. The molecule has 0 aliphatic carbocycles. The number of anilines is 1. The van der Waals surface area contributed by atoms with Crippen LogP contribution in [0.2, 0.25) is 5.02 Å². The molecule has 1 aliphatic rings. The van der Waals surface area contributed by atoms with Gasteiger partial charge in [0.15, 0.2) is 0 Å². The molecule has 1 atom stereocenters. The van der Waals surface area contributed by atoms with Crippen molar-refractivity contribution >= 4 is 17.3 Å². The number of benzene rings is 1. The van der Waals surface area contributed by atoms with E-state index in [1.54, 1.807) is 12.4 Å². The van der Waals surface area contributed by atoms with Gasteiger partial charge in [-0.1, -0.05) is 35.9 Å². The predicted molar refractivity (Wildman–Crippen MR) is 83.3 cm³/mol. The van der Waals surface area contributed by atoms with E-state index in [-0.39, 0.29) is 0 Å². The van der Waals surface area contributed by atoms with Crippen molar-refractivity contribution in [2.24, 2.45) is 0 Å². The van der Waals surface area contributed by atoms with Crippen molar-refractivity contribution in [2.75, 3.05) is 18.5 Å². The highest BCUT2D eigenvalue weighted by Crippen LogP contribution is 2.32. The van der Waals surface area contributed by atoms with Gasteiger partial charge < -0.3 is 10.2 Å².